The van der Waals surface area contributed by atoms with Gasteiger partial charge in [-0.25, -0.2) is 9.97 Å². The van der Waals surface area contributed by atoms with Crippen molar-refractivity contribution in [2.45, 2.75) is 26.3 Å². The molecule has 0 bridgehead atoms. The van der Waals surface area contributed by atoms with E-state index in [1.54, 1.807) is 6.07 Å². The summed E-state index contributed by atoms with van der Waals surface area (Å²) in [6, 6.07) is 11.9. The number of nitrogens with zero attached hydrogens (tertiary/aromatic N) is 2. The van der Waals surface area contributed by atoms with Gasteiger partial charge in [-0.1, -0.05) is 48.9 Å². The van der Waals surface area contributed by atoms with Crippen molar-refractivity contribution in [1.29, 1.82) is 0 Å². The molecule has 4 heteroatoms. The van der Waals surface area contributed by atoms with Crippen molar-refractivity contribution in [2.75, 3.05) is 5.32 Å². The van der Waals surface area contributed by atoms with Crippen LogP contribution in [-0.4, -0.2) is 16.0 Å². The summed E-state index contributed by atoms with van der Waals surface area (Å²) < 4.78 is 0. The van der Waals surface area contributed by atoms with Crippen LogP contribution in [0.2, 0.25) is 5.15 Å². The molecule has 1 aromatic heterocycles. The Morgan fingerprint density at radius 1 is 1.22 bits per heavy atom. The molecule has 2 aromatic rings. The lowest BCUT2D eigenvalue weighted by Gasteiger charge is -2.13. The number of benzene rings is 1. The fourth-order valence-corrected chi connectivity index (χ4v) is 1.75. The summed E-state index contributed by atoms with van der Waals surface area (Å²) in [5, 5.41) is 3.76. The molecule has 0 saturated heterocycles. The number of hydrogen-bond donors (Lipinski definition) is 1. The van der Waals surface area contributed by atoms with Crippen molar-refractivity contribution < 1.29 is 0 Å². The zero-order chi connectivity index (χ0) is 13.0. The molecule has 0 fully saturated rings. The Labute approximate surface area is 112 Å². The van der Waals surface area contributed by atoms with Crippen LogP contribution in [0.1, 0.15) is 20.3 Å². The quantitative estimate of drug-likeness (QED) is 0.845. The molecule has 0 spiro atoms. The molecule has 94 valence electrons. The summed E-state index contributed by atoms with van der Waals surface area (Å²) >= 11 is 6.04. The number of anilines is 1. The number of rotatable bonds is 4. The summed E-state index contributed by atoms with van der Waals surface area (Å²) in [6.07, 6.45) is 1.03. The summed E-state index contributed by atoms with van der Waals surface area (Å²) in [5.41, 5.74) is 0.965. The predicted molar refractivity (Wildman–Crippen MR) is 75.9 cm³/mol. The highest BCUT2D eigenvalue weighted by atomic mass is 35.5. The van der Waals surface area contributed by atoms with Gasteiger partial charge in [0, 0.05) is 17.7 Å². The molecule has 2 rings (SSSR count). The Hall–Kier alpha value is -1.61. The monoisotopic (exact) mass is 261 g/mol. The van der Waals surface area contributed by atoms with E-state index >= 15 is 0 Å². The molecule has 0 aliphatic carbocycles. The zero-order valence-electron chi connectivity index (χ0n) is 10.5. The van der Waals surface area contributed by atoms with E-state index in [0.717, 1.165) is 17.8 Å². The van der Waals surface area contributed by atoms with E-state index in [2.05, 4.69) is 29.1 Å². The predicted octanol–water partition coefficient (Wildman–Crippen LogP) is 4.01. The van der Waals surface area contributed by atoms with Crippen LogP contribution >= 0.6 is 11.6 Å². The van der Waals surface area contributed by atoms with Crippen molar-refractivity contribution in [3.63, 3.8) is 0 Å². The fourth-order valence-electron chi connectivity index (χ4n) is 1.56. The topological polar surface area (TPSA) is 37.8 Å². The van der Waals surface area contributed by atoms with Crippen LogP contribution < -0.4 is 5.32 Å². The Morgan fingerprint density at radius 2 is 1.94 bits per heavy atom. The van der Waals surface area contributed by atoms with E-state index in [-0.39, 0.29) is 0 Å². The lowest BCUT2D eigenvalue weighted by Crippen LogP contribution is -2.14. The van der Waals surface area contributed by atoms with Crippen LogP contribution in [0.25, 0.3) is 11.4 Å². The summed E-state index contributed by atoms with van der Waals surface area (Å²) in [7, 11) is 0. The van der Waals surface area contributed by atoms with Gasteiger partial charge in [0.15, 0.2) is 5.82 Å². The van der Waals surface area contributed by atoms with Crippen LogP contribution in [0.5, 0.6) is 0 Å². The molecule has 1 aromatic carbocycles. The van der Waals surface area contributed by atoms with Gasteiger partial charge in [-0.05, 0) is 13.3 Å². The van der Waals surface area contributed by atoms with E-state index < -0.39 is 0 Å². The molecular weight excluding hydrogens is 246 g/mol. The van der Waals surface area contributed by atoms with Crippen molar-refractivity contribution in [3.05, 3.63) is 41.6 Å². The van der Waals surface area contributed by atoms with E-state index in [0.29, 0.717) is 17.0 Å². The lowest BCUT2D eigenvalue weighted by molar-refractivity contribution is 0.758. The molecule has 1 unspecified atom stereocenters. The Morgan fingerprint density at radius 3 is 2.61 bits per heavy atom. The Bertz CT molecular complexity index is 514. The second kappa shape index (κ2) is 5.83. The maximum Gasteiger partial charge on any atom is 0.163 e. The van der Waals surface area contributed by atoms with Crippen LogP contribution in [0.4, 0.5) is 5.82 Å². The highest BCUT2D eigenvalue weighted by Gasteiger charge is 2.07. The highest BCUT2D eigenvalue weighted by molar-refractivity contribution is 6.29. The van der Waals surface area contributed by atoms with Gasteiger partial charge < -0.3 is 5.32 Å². The Kier molecular flexibility index (Phi) is 4.15. The van der Waals surface area contributed by atoms with Crippen LogP contribution in [-0.2, 0) is 0 Å². The molecule has 18 heavy (non-hydrogen) atoms. The van der Waals surface area contributed by atoms with Gasteiger partial charge >= 0.3 is 0 Å². The third-order valence-corrected chi connectivity index (χ3v) is 2.93. The normalized spacial score (nSPS) is 12.2. The van der Waals surface area contributed by atoms with Crippen molar-refractivity contribution >= 4 is 17.4 Å². The number of halogens is 1. The largest absolute Gasteiger partial charge is 0.367 e. The molecule has 0 aliphatic heterocycles. The van der Waals surface area contributed by atoms with E-state index in [1.807, 2.05) is 30.3 Å². The minimum atomic E-state index is 0.361. The molecule has 3 nitrogen and oxygen atoms in total. The van der Waals surface area contributed by atoms with Crippen LogP contribution in [0, 0.1) is 0 Å². The molecule has 0 aliphatic rings. The van der Waals surface area contributed by atoms with Gasteiger partial charge in [-0.3, -0.25) is 0 Å². The number of aromatic nitrogens is 2. The highest BCUT2D eigenvalue weighted by Crippen LogP contribution is 2.20. The molecular formula is C14H16ClN3. The molecule has 0 amide bonds. The standard InChI is InChI=1S/C14H16ClN3/c1-3-10(2)16-13-9-12(15)17-14(18-13)11-7-5-4-6-8-11/h4-10H,3H2,1-2H3,(H,16,17,18). The molecule has 0 radical (unpaired) electrons. The molecule has 1 atom stereocenters. The fraction of sp³-hybridized carbons (Fsp3) is 0.286. The van der Waals surface area contributed by atoms with Crippen molar-refractivity contribution in [2.24, 2.45) is 0 Å². The maximum absolute atomic E-state index is 6.04. The summed E-state index contributed by atoms with van der Waals surface area (Å²) in [4.78, 5) is 8.74. The SMILES string of the molecule is CCC(C)Nc1cc(Cl)nc(-c2ccccc2)n1. The molecule has 0 saturated carbocycles. The van der Waals surface area contributed by atoms with Crippen LogP contribution in [0.15, 0.2) is 36.4 Å². The molecule has 1 heterocycles. The van der Waals surface area contributed by atoms with Crippen LogP contribution in [0.3, 0.4) is 0 Å². The van der Waals surface area contributed by atoms with Gasteiger partial charge in [0.25, 0.3) is 0 Å². The van der Waals surface area contributed by atoms with Gasteiger partial charge in [-0.15, -0.1) is 0 Å². The zero-order valence-corrected chi connectivity index (χ0v) is 11.3. The lowest BCUT2D eigenvalue weighted by atomic mass is 10.2. The minimum Gasteiger partial charge on any atom is -0.367 e. The third kappa shape index (κ3) is 3.20. The number of hydrogen-bond acceptors (Lipinski definition) is 3. The van der Waals surface area contributed by atoms with Gasteiger partial charge in [0.05, 0.1) is 0 Å². The third-order valence-electron chi connectivity index (χ3n) is 2.73. The minimum absolute atomic E-state index is 0.361. The van der Waals surface area contributed by atoms with Crippen molar-refractivity contribution in [3.8, 4) is 11.4 Å². The average molecular weight is 262 g/mol. The first-order valence-electron chi connectivity index (χ1n) is 6.05. The summed E-state index contributed by atoms with van der Waals surface area (Å²) in [5.74, 6) is 1.41. The Balaban J connectivity index is 2.32. The smallest absolute Gasteiger partial charge is 0.163 e. The maximum atomic E-state index is 6.04. The van der Waals surface area contributed by atoms with E-state index in [1.165, 1.54) is 0 Å². The molecule has 1 N–H and O–H groups in total. The van der Waals surface area contributed by atoms with Gasteiger partial charge in [0.1, 0.15) is 11.0 Å². The average Bonchev–Trinajstić information content (AvgIpc) is 2.39. The second-order valence-electron chi connectivity index (χ2n) is 4.22. The van der Waals surface area contributed by atoms with Gasteiger partial charge in [-0.2, -0.15) is 0 Å². The first-order chi connectivity index (χ1) is 8.69. The van der Waals surface area contributed by atoms with E-state index in [9.17, 15) is 0 Å². The second-order valence-corrected chi connectivity index (χ2v) is 4.61. The summed E-state index contributed by atoms with van der Waals surface area (Å²) in [6.45, 7) is 4.23. The van der Waals surface area contributed by atoms with Crippen molar-refractivity contribution in [1.82, 2.24) is 9.97 Å². The van der Waals surface area contributed by atoms with E-state index in [4.69, 9.17) is 11.6 Å². The number of nitrogens with one attached hydrogen (secondary N) is 1. The first-order valence-corrected chi connectivity index (χ1v) is 6.43. The van der Waals surface area contributed by atoms with Gasteiger partial charge in [0.2, 0.25) is 0 Å². The first kappa shape index (κ1) is 12.8.